The largest absolute Gasteiger partial charge is 0.494 e. The lowest BCUT2D eigenvalue weighted by Crippen LogP contribution is -2.41. The zero-order valence-electron chi connectivity index (χ0n) is 14.8. The highest BCUT2D eigenvalue weighted by molar-refractivity contribution is 7.22. The predicted molar refractivity (Wildman–Crippen MR) is 101 cm³/mol. The van der Waals surface area contributed by atoms with E-state index in [4.69, 9.17) is 14.5 Å². The SMILES string of the molecule is CCOc1ccc2nc(N3CCC(C(=O)NCCOC)CC3)sc2c1. The van der Waals surface area contributed by atoms with E-state index in [1.807, 2.05) is 19.1 Å². The van der Waals surface area contributed by atoms with Gasteiger partial charge in [0.15, 0.2) is 5.13 Å². The van der Waals surface area contributed by atoms with Crippen molar-refractivity contribution in [1.29, 1.82) is 0 Å². The summed E-state index contributed by atoms with van der Waals surface area (Å²) in [6, 6.07) is 6.03. The number of thiazole rings is 1. The van der Waals surface area contributed by atoms with Crippen LogP contribution in [0.1, 0.15) is 19.8 Å². The first-order chi connectivity index (χ1) is 12.2. The fourth-order valence-electron chi connectivity index (χ4n) is 3.04. The van der Waals surface area contributed by atoms with Crippen LogP contribution in [0.15, 0.2) is 18.2 Å². The summed E-state index contributed by atoms with van der Waals surface area (Å²) >= 11 is 1.69. The number of hydrogen-bond donors (Lipinski definition) is 1. The van der Waals surface area contributed by atoms with Gasteiger partial charge in [-0.2, -0.15) is 0 Å². The molecule has 1 amide bonds. The molecule has 1 fully saturated rings. The molecule has 2 aromatic rings. The van der Waals surface area contributed by atoms with Crippen LogP contribution in [0.25, 0.3) is 10.2 Å². The summed E-state index contributed by atoms with van der Waals surface area (Å²) in [5.41, 5.74) is 1.00. The highest BCUT2D eigenvalue weighted by atomic mass is 32.1. The van der Waals surface area contributed by atoms with Crippen molar-refractivity contribution in [3.8, 4) is 5.75 Å². The van der Waals surface area contributed by atoms with E-state index in [1.54, 1.807) is 18.4 Å². The molecule has 1 aliphatic rings. The van der Waals surface area contributed by atoms with Gasteiger partial charge >= 0.3 is 0 Å². The molecule has 1 N–H and O–H groups in total. The van der Waals surface area contributed by atoms with Crippen LogP contribution in [0, 0.1) is 5.92 Å². The number of benzene rings is 1. The number of fused-ring (bicyclic) bond motifs is 1. The van der Waals surface area contributed by atoms with Crippen molar-refractivity contribution in [3.05, 3.63) is 18.2 Å². The molecular formula is C18H25N3O3S. The number of aromatic nitrogens is 1. The van der Waals surface area contributed by atoms with Gasteiger partial charge in [-0.25, -0.2) is 4.98 Å². The summed E-state index contributed by atoms with van der Waals surface area (Å²) in [6.45, 7) is 5.51. The maximum Gasteiger partial charge on any atom is 0.223 e. The number of methoxy groups -OCH3 is 1. The second-order valence-electron chi connectivity index (χ2n) is 6.10. The van der Waals surface area contributed by atoms with Crippen LogP contribution in [0.2, 0.25) is 0 Å². The van der Waals surface area contributed by atoms with Gasteiger partial charge in [0.05, 0.1) is 23.4 Å². The second kappa shape index (κ2) is 8.49. The predicted octanol–water partition coefficient (Wildman–Crippen LogP) is 2.67. The van der Waals surface area contributed by atoms with Gasteiger partial charge in [0.1, 0.15) is 5.75 Å². The molecule has 0 unspecified atom stereocenters. The van der Waals surface area contributed by atoms with E-state index in [2.05, 4.69) is 16.3 Å². The smallest absolute Gasteiger partial charge is 0.223 e. The van der Waals surface area contributed by atoms with E-state index in [0.29, 0.717) is 19.8 Å². The molecule has 1 aromatic carbocycles. The van der Waals surface area contributed by atoms with Crippen molar-refractivity contribution < 1.29 is 14.3 Å². The summed E-state index contributed by atoms with van der Waals surface area (Å²) in [6.07, 6.45) is 1.72. The number of carbonyl (C=O) groups excluding carboxylic acids is 1. The van der Waals surface area contributed by atoms with Crippen molar-refractivity contribution in [2.24, 2.45) is 5.92 Å². The minimum atomic E-state index is 0.0899. The lowest BCUT2D eigenvalue weighted by Gasteiger charge is -2.31. The number of carbonyl (C=O) groups is 1. The summed E-state index contributed by atoms with van der Waals surface area (Å²) in [7, 11) is 1.64. The van der Waals surface area contributed by atoms with Gasteiger partial charge in [0, 0.05) is 32.7 Å². The number of amides is 1. The third-order valence-electron chi connectivity index (χ3n) is 4.40. The van der Waals surface area contributed by atoms with Crippen LogP contribution in [-0.4, -0.2) is 50.8 Å². The van der Waals surface area contributed by atoms with Crippen LogP contribution < -0.4 is 15.0 Å². The monoisotopic (exact) mass is 363 g/mol. The molecule has 0 atom stereocenters. The Morgan fingerprint density at radius 2 is 2.20 bits per heavy atom. The number of piperidine rings is 1. The number of ether oxygens (including phenoxy) is 2. The van der Waals surface area contributed by atoms with Crippen molar-refractivity contribution >= 4 is 32.6 Å². The molecule has 0 aliphatic carbocycles. The number of anilines is 1. The molecule has 0 radical (unpaired) electrons. The third-order valence-corrected chi connectivity index (χ3v) is 5.48. The van der Waals surface area contributed by atoms with Gasteiger partial charge < -0.3 is 19.7 Å². The van der Waals surface area contributed by atoms with Crippen LogP contribution in [-0.2, 0) is 9.53 Å². The van der Waals surface area contributed by atoms with Gasteiger partial charge in [-0.05, 0) is 38.0 Å². The van der Waals surface area contributed by atoms with E-state index in [-0.39, 0.29) is 11.8 Å². The Bertz CT molecular complexity index is 711. The van der Waals surface area contributed by atoms with Gasteiger partial charge in [0.25, 0.3) is 0 Å². The van der Waals surface area contributed by atoms with Crippen molar-refractivity contribution in [3.63, 3.8) is 0 Å². The summed E-state index contributed by atoms with van der Waals surface area (Å²) in [4.78, 5) is 19.2. The lowest BCUT2D eigenvalue weighted by molar-refractivity contribution is -0.125. The third kappa shape index (κ3) is 4.41. The normalized spacial score (nSPS) is 15.5. The molecule has 136 valence electrons. The first-order valence-corrected chi connectivity index (χ1v) is 9.58. The molecule has 2 heterocycles. The summed E-state index contributed by atoms with van der Waals surface area (Å²) in [5.74, 6) is 1.12. The van der Waals surface area contributed by atoms with Crippen molar-refractivity contribution in [1.82, 2.24) is 10.3 Å². The van der Waals surface area contributed by atoms with E-state index < -0.39 is 0 Å². The lowest BCUT2D eigenvalue weighted by atomic mass is 9.96. The highest BCUT2D eigenvalue weighted by Crippen LogP contribution is 2.33. The molecule has 1 saturated heterocycles. The maximum atomic E-state index is 12.1. The van der Waals surface area contributed by atoms with E-state index in [1.165, 1.54) is 0 Å². The molecule has 0 spiro atoms. The summed E-state index contributed by atoms with van der Waals surface area (Å²) in [5, 5.41) is 3.97. The first-order valence-electron chi connectivity index (χ1n) is 8.76. The van der Waals surface area contributed by atoms with Crippen LogP contribution in [0.3, 0.4) is 0 Å². The zero-order chi connectivity index (χ0) is 17.6. The fourth-order valence-corrected chi connectivity index (χ4v) is 4.08. The minimum Gasteiger partial charge on any atom is -0.494 e. The van der Waals surface area contributed by atoms with Crippen LogP contribution in [0.5, 0.6) is 5.75 Å². The molecule has 0 bridgehead atoms. The van der Waals surface area contributed by atoms with Gasteiger partial charge in [-0.15, -0.1) is 0 Å². The van der Waals surface area contributed by atoms with E-state index >= 15 is 0 Å². The Labute approximate surface area is 152 Å². The number of hydrogen-bond acceptors (Lipinski definition) is 6. The van der Waals surface area contributed by atoms with Gasteiger partial charge in [0.2, 0.25) is 5.91 Å². The first kappa shape index (κ1) is 17.9. The molecule has 0 saturated carbocycles. The standard InChI is InChI=1S/C18H25N3O3S/c1-3-24-14-4-5-15-16(12-14)25-18(20-15)21-9-6-13(7-10-21)17(22)19-8-11-23-2/h4-5,12-13H,3,6-11H2,1-2H3,(H,19,22). The Morgan fingerprint density at radius 3 is 2.92 bits per heavy atom. The minimum absolute atomic E-state index is 0.0899. The Hall–Kier alpha value is -1.86. The molecule has 25 heavy (non-hydrogen) atoms. The molecule has 6 nitrogen and oxygen atoms in total. The fraction of sp³-hybridized carbons (Fsp3) is 0.556. The average Bonchev–Trinajstić information content (AvgIpc) is 3.05. The highest BCUT2D eigenvalue weighted by Gasteiger charge is 2.26. The molecular weight excluding hydrogens is 338 g/mol. The van der Waals surface area contributed by atoms with Crippen LogP contribution >= 0.6 is 11.3 Å². The molecule has 1 aliphatic heterocycles. The number of nitrogens with zero attached hydrogens (tertiary/aromatic N) is 2. The number of rotatable bonds is 7. The number of nitrogens with one attached hydrogen (secondary N) is 1. The molecule has 1 aromatic heterocycles. The Balaban J connectivity index is 1.59. The second-order valence-corrected chi connectivity index (χ2v) is 7.11. The van der Waals surface area contributed by atoms with Gasteiger partial charge in [-0.3, -0.25) is 4.79 Å². The Morgan fingerprint density at radius 1 is 1.40 bits per heavy atom. The van der Waals surface area contributed by atoms with E-state index in [9.17, 15) is 4.79 Å². The van der Waals surface area contributed by atoms with E-state index in [0.717, 1.165) is 47.0 Å². The maximum absolute atomic E-state index is 12.1. The van der Waals surface area contributed by atoms with Crippen molar-refractivity contribution in [2.45, 2.75) is 19.8 Å². The summed E-state index contributed by atoms with van der Waals surface area (Å²) < 4.78 is 11.7. The van der Waals surface area contributed by atoms with Gasteiger partial charge in [-0.1, -0.05) is 11.3 Å². The van der Waals surface area contributed by atoms with Crippen molar-refractivity contribution in [2.75, 3.05) is 44.9 Å². The Kier molecular flexibility index (Phi) is 6.09. The topological polar surface area (TPSA) is 63.7 Å². The zero-order valence-corrected chi connectivity index (χ0v) is 15.6. The molecule has 7 heteroatoms. The molecule has 3 rings (SSSR count). The van der Waals surface area contributed by atoms with Crippen LogP contribution in [0.4, 0.5) is 5.13 Å². The average molecular weight is 363 g/mol. The quantitative estimate of drug-likeness (QED) is 0.766.